The summed E-state index contributed by atoms with van der Waals surface area (Å²) in [6.07, 6.45) is 0.651. The molecule has 0 amide bonds. The lowest BCUT2D eigenvalue weighted by molar-refractivity contribution is 0.277. The minimum atomic E-state index is -2.29. The van der Waals surface area contributed by atoms with Gasteiger partial charge in [-0.3, -0.25) is 8.74 Å². The summed E-state index contributed by atoms with van der Waals surface area (Å²) in [6.45, 7) is 1.92. The first-order chi connectivity index (χ1) is 7.15. The summed E-state index contributed by atoms with van der Waals surface area (Å²) in [4.78, 5) is 0. The Labute approximate surface area is 90.8 Å². The van der Waals surface area contributed by atoms with Gasteiger partial charge in [0.15, 0.2) is 0 Å². The van der Waals surface area contributed by atoms with Crippen molar-refractivity contribution in [2.75, 3.05) is 6.61 Å². The Kier molecular flexibility index (Phi) is 4.87. The van der Waals surface area contributed by atoms with Crippen LogP contribution in [0, 0.1) is 5.82 Å². The first kappa shape index (κ1) is 12.3. The fraction of sp³-hybridized carbons (Fsp3) is 0.400. The largest absolute Gasteiger partial charge is 0.301 e. The molecule has 0 bridgehead atoms. The van der Waals surface area contributed by atoms with Gasteiger partial charge in [-0.2, -0.15) is 4.21 Å². The van der Waals surface area contributed by atoms with Crippen molar-refractivity contribution in [3.05, 3.63) is 35.6 Å². The first-order valence-electron chi connectivity index (χ1n) is 4.63. The topological polar surface area (TPSA) is 46.5 Å². The second-order valence-electron chi connectivity index (χ2n) is 3.13. The zero-order valence-corrected chi connectivity index (χ0v) is 9.17. The number of rotatable bonds is 5. The van der Waals surface area contributed by atoms with Crippen molar-refractivity contribution in [1.29, 1.82) is 0 Å². The molecule has 0 aromatic heterocycles. The van der Waals surface area contributed by atoms with E-state index in [1.54, 1.807) is 18.2 Å². The smallest absolute Gasteiger partial charge is 0.284 e. The molecule has 5 heteroatoms. The van der Waals surface area contributed by atoms with E-state index in [-0.39, 0.29) is 18.3 Å². The molecule has 0 saturated carbocycles. The Hall–Kier alpha value is -0.780. The summed E-state index contributed by atoms with van der Waals surface area (Å²) in [5.74, 6) is -0.501. The minimum absolute atomic E-state index is 0.0422. The maximum atomic E-state index is 13.4. The zero-order valence-electron chi connectivity index (χ0n) is 8.35. The quantitative estimate of drug-likeness (QED) is 0.793. The van der Waals surface area contributed by atoms with Gasteiger partial charge in [-0.1, -0.05) is 25.1 Å². The standard InChI is InChI=1S/C10H13FO3S/c1-2-8(7-14-15(12)13)9-5-3-4-6-10(9)11/h3-6,8H,2,7H2,1H3,(H,12,13). The number of halogens is 1. The highest BCUT2D eigenvalue weighted by Gasteiger charge is 2.14. The van der Waals surface area contributed by atoms with Crippen molar-refractivity contribution >= 4 is 11.4 Å². The summed E-state index contributed by atoms with van der Waals surface area (Å²) in [6, 6.07) is 6.37. The Bertz CT molecular complexity index is 343. The van der Waals surface area contributed by atoms with Crippen molar-refractivity contribution in [3.8, 4) is 0 Å². The van der Waals surface area contributed by atoms with Crippen LogP contribution in [-0.2, 0) is 15.5 Å². The third kappa shape index (κ3) is 3.70. The molecule has 0 radical (unpaired) electrons. The number of benzene rings is 1. The maximum absolute atomic E-state index is 13.4. The normalized spacial score (nSPS) is 14.9. The lowest BCUT2D eigenvalue weighted by atomic mass is 9.97. The van der Waals surface area contributed by atoms with Gasteiger partial charge in [0.1, 0.15) is 5.82 Å². The Morgan fingerprint density at radius 3 is 2.73 bits per heavy atom. The van der Waals surface area contributed by atoms with Crippen LogP contribution >= 0.6 is 0 Å². The van der Waals surface area contributed by atoms with Gasteiger partial charge in [0.05, 0.1) is 6.61 Å². The minimum Gasteiger partial charge on any atom is -0.284 e. The molecule has 84 valence electrons. The average molecular weight is 232 g/mol. The van der Waals surface area contributed by atoms with Crippen LogP contribution in [0.15, 0.2) is 24.3 Å². The highest BCUT2D eigenvalue weighted by molar-refractivity contribution is 7.74. The maximum Gasteiger partial charge on any atom is 0.301 e. The van der Waals surface area contributed by atoms with Crippen LogP contribution in [0.4, 0.5) is 4.39 Å². The van der Waals surface area contributed by atoms with Crippen LogP contribution in [0.25, 0.3) is 0 Å². The van der Waals surface area contributed by atoms with Crippen molar-refractivity contribution < 1.29 is 17.3 Å². The van der Waals surface area contributed by atoms with Crippen molar-refractivity contribution in [2.45, 2.75) is 19.3 Å². The average Bonchev–Trinajstić information content (AvgIpc) is 2.21. The third-order valence-corrected chi connectivity index (χ3v) is 2.55. The molecule has 1 aromatic rings. The SMILES string of the molecule is CCC(COS(=O)O)c1ccccc1F. The Morgan fingerprint density at radius 1 is 1.53 bits per heavy atom. The van der Waals surface area contributed by atoms with E-state index in [9.17, 15) is 8.60 Å². The van der Waals surface area contributed by atoms with E-state index in [0.29, 0.717) is 12.0 Å². The van der Waals surface area contributed by atoms with E-state index in [0.717, 1.165) is 0 Å². The van der Waals surface area contributed by atoms with Gasteiger partial charge in [0.25, 0.3) is 0 Å². The molecule has 1 rings (SSSR count). The fourth-order valence-corrected chi connectivity index (χ4v) is 1.65. The van der Waals surface area contributed by atoms with Gasteiger partial charge >= 0.3 is 11.4 Å². The van der Waals surface area contributed by atoms with Gasteiger partial charge in [0.2, 0.25) is 0 Å². The molecule has 0 aliphatic carbocycles. The van der Waals surface area contributed by atoms with Gasteiger partial charge in [-0.15, -0.1) is 0 Å². The Balaban J connectivity index is 2.74. The molecule has 0 aliphatic rings. The van der Waals surface area contributed by atoms with E-state index in [1.165, 1.54) is 6.07 Å². The van der Waals surface area contributed by atoms with Crippen LogP contribution in [0.1, 0.15) is 24.8 Å². The van der Waals surface area contributed by atoms with E-state index < -0.39 is 11.4 Å². The third-order valence-electron chi connectivity index (χ3n) is 2.21. The molecular formula is C10H13FO3S. The highest BCUT2D eigenvalue weighted by Crippen LogP contribution is 2.22. The van der Waals surface area contributed by atoms with Crippen LogP contribution in [0.2, 0.25) is 0 Å². The molecule has 1 aromatic carbocycles. The molecule has 0 fully saturated rings. The predicted molar refractivity (Wildman–Crippen MR) is 56.2 cm³/mol. The van der Waals surface area contributed by atoms with E-state index in [1.807, 2.05) is 6.92 Å². The molecule has 1 N–H and O–H groups in total. The zero-order chi connectivity index (χ0) is 11.3. The molecule has 0 spiro atoms. The van der Waals surface area contributed by atoms with E-state index in [2.05, 4.69) is 4.18 Å². The molecule has 3 nitrogen and oxygen atoms in total. The molecule has 0 heterocycles. The molecule has 2 unspecified atom stereocenters. The van der Waals surface area contributed by atoms with Crippen LogP contribution in [0.5, 0.6) is 0 Å². The summed E-state index contributed by atoms with van der Waals surface area (Å²) in [5, 5.41) is 0. The van der Waals surface area contributed by atoms with Crippen molar-refractivity contribution in [1.82, 2.24) is 0 Å². The van der Waals surface area contributed by atoms with Gasteiger partial charge in [-0.05, 0) is 18.1 Å². The van der Waals surface area contributed by atoms with Crippen molar-refractivity contribution in [3.63, 3.8) is 0 Å². The first-order valence-corrected chi connectivity index (χ1v) is 5.67. The van der Waals surface area contributed by atoms with Gasteiger partial charge in [-0.25, -0.2) is 4.39 Å². The second kappa shape index (κ2) is 5.95. The molecule has 15 heavy (non-hydrogen) atoms. The lowest BCUT2D eigenvalue weighted by Crippen LogP contribution is -2.10. The number of hydrogen-bond acceptors (Lipinski definition) is 2. The van der Waals surface area contributed by atoms with E-state index in [4.69, 9.17) is 4.55 Å². The predicted octanol–water partition coefficient (Wildman–Crippen LogP) is 2.47. The summed E-state index contributed by atoms with van der Waals surface area (Å²) in [5.41, 5.74) is 0.519. The lowest BCUT2D eigenvalue weighted by Gasteiger charge is -2.14. The molecule has 0 saturated heterocycles. The second-order valence-corrected chi connectivity index (χ2v) is 3.80. The fourth-order valence-electron chi connectivity index (χ4n) is 1.37. The highest BCUT2D eigenvalue weighted by atomic mass is 32.2. The summed E-state index contributed by atoms with van der Waals surface area (Å²) < 4.78 is 36.7. The van der Waals surface area contributed by atoms with Crippen molar-refractivity contribution in [2.24, 2.45) is 0 Å². The number of hydrogen-bond donors (Lipinski definition) is 1. The van der Waals surface area contributed by atoms with Gasteiger partial charge < -0.3 is 0 Å². The Morgan fingerprint density at radius 2 is 2.20 bits per heavy atom. The summed E-state index contributed by atoms with van der Waals surface area (Å²) >= 11 is -2.29. The summed E-state index contributed by atoms with van der Waals surface area (Å²) in [7, 11) is 0. The van der Waals surface area contributed by atoms with E-state index >= 15 is 0 Å². The molecular weight excluding hydrogens is 219 g/mol. The molecule has 2 atom stereocenters. The van der Waals surface area contributed by atoms with Gasteiger partial charge in [0, 0.05) is 5.92 Å². The molecule has 0 aliphatic heterocycles. The van der Waals surface area contributed by atoms with Crippen LogP contribution < -0.4 is 0 Å². The van der Waals surface area contributed by atoms with Crippen LogP contribution in [-0.4, -0.2) is 15.4 Å². The monoisotopic (exact) mass is 232 g/mol. The van der Waals surface area contributed by atoms with Crippen LogP contribution in [0.3, 0.4) is 0 Å².